The fourth-order valence-corrected chi connectivity index (χ4v) is 1.86. The number of methoxy groups -OCH3 is 1. The van der Waals surface area contributed by atoms with E-state index in [2.05, 4.69) is 26.9 Å². The summed E-state index contributed by atoms with van der Waals surface area (Å²) in [5.74, 6) is -0.603. The molecular weight excluding hydrogens is 222 g/mol. The van der Waals surface area contributed by atoms with Crippen molar-refractivity contribution in [2.75, 3.05) is 46.9 Å². The van der Waals surface area contributed by atoms with Gasteiger partial charge in [-0.15, -0.1) is 0 Å². The minimum atomic E-state index is -0.569. The van der Waals surface area contributed by atoms with Crippen molar-refractivity contribution < 1.29 is 14.3 Å². The molecule has 6 nitrogen and oxygen atoms in total. The average Bonchev–Trinajstić information content (AvgIpc) is 2.29. The van der Waals surface area contributed by atoms with E-state index in [0.717, 1.165) is 26.2 Å². The van der Waals surface area contributed by atoms with Gasteiger partial charge in [-0.25, -0.2) is 4.79 Å². The third-order valence-corrected chi connectivity index (χ3v) is 2.90. The fraction of sp³-hybridized carbons (Fsp3) is 0.818. The number of ether oxygens (including phenoxy) is 1. The number of rotatable bonds is 4. The van der Waals surface area contributed by atoms with Crippen LogP contribution in [0.2, 0.25) is 0 Å². The minimum absolute atomic E-state index is 0.213. The van der Waals surface area contributed by atoms with Gasteiger partial charge < -0.3 is 15.0 Å². The normalized spacial score (nSPS) is 19.7. The molecule has 1 unspecified atom stereocenters. The lowest BCUT2D eigenvalue weighted by Gasteiger charge is -2.34. The van der Waals surface area contributed by atoms with Gasteiger partial charge in [0.1, 0.15) is 6.04 Å². The molecule has 0 bridgehead atoms. The lowest BCUT2D eigenvalue weighted by molar-refractivity contribution is -0.145. The summed E-state index contributed by atoms with van der Waals surface area (Å²) in [6.45, 7) is 5.69. The highest BCUT2D eigenvalue weighted by atomic mass is 16.5. The number of amides is 1. The van der Waals surface area contributed by atoms with Crippen LogP contribution in [0, 0.1) is 0 Å². The van der Waals surface area contributed by atoms with E-state index in [9.17, 15) is 9.59 Å². The lowest BCUT2D eigenvalue weighted by atomic mass is 10.2. The first-order valence-electron chi connectivity index (χ1n) is 5.78. The topological polar surface area (TPSA) is 61.9 Å². The van der Waals surface area contributed by atoms with Crippen molar-refractivity contribution in [1.82, 2.24) is 15.1 Å². The van der Waals surface area contributed by atoms with Crippen molar-refractivity contribution in [1.29, 1.82) is 0 Å². The van der Waals surface area contributed by atoms with Gasteiger partial charge in [0.05, 0.1) is 7.11 Å². The number of carbonyl (C=O) groups excluding carboxylic acids is 2. The van der Waals surface area contributed by atoms with Crippen LogP contribution in [0.15, 0.2) is 0 Å². The van der Waals surface area contributed by atoms with Crippen molar-refractivity contribution in [3.8, 4) is 0 Å². The van der Waals surface area contributed by atoms with Gasteiger partial charge in [-0.3, -0.25) is 9.69 Å². The van der Waals surface area contributed by atoms with Crippen LogP contribution in [-0.4, -0.2) is 74.6 Å². The Hall–Kier alpha value is -1.14. The van der Waals surface area contributed by atoms with Crippen LogP contribution in [0.3, 0.4) is 0 Å². The second-order valence-corrected chi connectivity index (χ2v) is 4.38. The summed E-state index contributed by atoms with van der Waals surface area (Å²) >= 11 is 0. The molecule has 1 aliphatic heterocycles. The van der Waals surface area contributed by atoms with Gasteiger partial charge in [-0.2, -0.15) is 0 Å². The molecule has 17 heavy (non-hydrogen) atoms. The molecule has 0 aliphatic carbocycles. The molecule has 0 saturated carbocycles. The fourth-order valence-electron chi connectivity index (χ4n) is 1.86. The van der Waals surface area contributed by atoms with E-state index in [1.54, 1.807) is 0 Å². The smallest absolute Gasteiger partial charge is 0.329 e. The maximum Gasteiger partial charge on any atom is 0.329 e. The Morgan fingerprint density at radius 3 is 2.35 bits per heavy atom. The van der Waals surface area contributed by atoms with Crippen molar-refractivity contribution in [2.24, 2.45) is 0 Å². The molecule has 1 amide bonds. The number of esters is 1. The summed E-state index contributed by atoms with van der Waals surface area (Å²) in [5, 5.41) is 2.62. The quantitative estimate of drug-likeness (QED) is 0.636. The molecule has 6 heteroatoms. The number of piperazine rings is 1. The molecule has 0 aromatic rings. The summed E-state index contributed by atoms with van der Waals surface area (Å²) in [4.78, 5) is 26.9. The van der Waals surface area contributed by atoms with Crippen LogP contribution < -0.4 is 5.32 Å². The largest absolute Gasteiger partial charge is 0.467 e. The third kappa shape index (κ3) is 4.70. The molecular formula is C11H21N3O3. The van der Waals surface area contributed by atoms with E-state index in [0.29, 0.717) is 6.54 Å². The van der Waals surface area contributed by atoms with Crippen molar-refractivity contribution in [2.45, 2.75) is 13.0 Å². The molecule has 98 valence electrons. The zero-order valence-electron chi connectivity index (χ0n) is 10.7. The van der Waals surface area contributed by atoms with Gasteiger partial charge in [-0.05, 0) is 7.05 Å². The highest BCUT2D eigenvalue weighted by Crippen LogP contribution is 2.01. The predicted octanol–water partition coefficient (Wildman–Crippen LogP) is -1.09. The molecule has 1 saturated heterocycles. The highest BCUT2D eigenvalue weighted by molar-refractivity contribution is 5.83. The lowest BCUT2D eigenvalue weighted by Crippen LogP contribution is -2.53. The summed E-state index contributed by atoms with van der Waals surface area (Å²) in [6, 6.07) is -0.569. The summed E-state index contributed by atoms with van der Waals surface area (Å²) in [6.07, 6.45) is 0. The second-order valence-electron chi connectivity index (χ2n) is 4.38. The maximum absolute atomic E-state index is 11.5. The predicted molar refractivity (Wildman–Crippen MR) is 63.6 cm³/mol. The number of nitrogens with zero attached hydrogens (tertiary/aromatic N) is 2. The molecule has 1 atom stereocenters. The summed E-state index contributed by atoms with van der Waals surface area (Å²) < 4.78 is 4.69. The Balaban J connectivity index is 2.47. The van der Waals surface area contributed by atoms with Crippen LogP contribution in [-0.2, 0) is 14.3 Å². The van der Waals surface area contributed by atoms with Crippen LogP contribution in [0.1, 0.15) is 6.92 Å². The van der Waals surface area contributed by atoms with E-state index < -0.39 is 6.04 Å². The Bertz CT molecular complexity index is 275. The van der Waals surface area contributed by atoms with E-state index >= 15 is 0 Å². The molecule has 0 spiro atoms. The molecule has 1 fully saturated rings. The van der Waals surface area contributed by atoms with Gasteiger partial charge in [0.2, 0.25) is 5.91 Å². The summed E-state index contributed by atoms with van der Waals surface area (Å²) in [7, 11) is 3.41. The van der Waals surface area contributed by atoms with Gasteiger partial charge >= 0.3 is 5.97 Å². The molecule has 1 N–H and O–H groups in total. The number of carbonyl (C=O) groups is 2. The third-order valence-electron chi connectivity index (χ3n) is 2.90. The van der Waals surface area contributed by atoms with Crippen molar-refractivity contribution in [3.05, 3.63) is 0 Å². The van der Waals surface area contributed by atoms with Crippen LogP contribution in [0.4, 0.5) is 0 Å². The standard InChI is InChI=1S/C11H21N3O3/c1-9(15)12-10(11(16)17-3)8-14-6-4-13(2)5-7-14/h10H,4-8H2,1-3H3,(H,12,15). The van der Waals surface area contributed by atoms with Crippen LogP contribution in [0.25, 0.3) is 0 Å². The highest BCUT2D eigenvalue weighted by Gasteiger charge is 2.24. The molecule has 0 radical (unpaired) electrons. The van der Waals surface area contributed by atoms with E-state index in [1.165, 1.54) is 14.0 Å². The number of hydrogen-bond acceptors (Lipinski definition) is 5. The Morgan fingerprint density at radius 2 is 1.88 bits per heavy atom. The van der Waals surface area contributed by atoms with Crippen molar-refractivity contribution >= 4 is 11.9 Å². The number of nitrogens with one attached hydrogen (secondary N) is 1. The molecule has 0 aromatic carbocycles. The van der Waals surface area contributed by atoms with E-state index in [1.807, 2.05) is 0 Å². The molecule has 1 aliphatic rings. The minimum Gasteiger partial charge on any atom is -0.467 e. The Labute approximate surface area is 102 Å². The van der Waals surface area contributed by atoms with Gasteiger partial charge in [-0.1, -0.05) is 0 Å². The van der Waals surface area contributed by atoms with Crippen LogP contribution >= 0.6 is 0 Å². The molecule has 1 rings (SSSR count). The first-order valence-corrected chi connectivity index (χ1v) is 5.78. The van der Waals surface area contributed by atoms with Crippen molar-refractivity contribution in [3.63, 3.8) is 0 Å². The monoisotopic (exact) mass is 243 g/mol. The maximum atomic E-state index is 11.5. The second kappa shape index (κ2) is 6.56. The SMILES string of the molecule is COC(=O)C(CN1CCN(C)CC1)NC(C)=O. The van der Waals surface area contributed by atoms with Gasteiger partial charge in [0.25, 0.3) is 0 Å². The first-order chi connectivity index (χ1) is 8.02. The number of likely N-dealkylation sites (N-methyl/N-ethyl adjacent to an activating group) is 1. The van der Waals surface area contributed by atoms with E-state index in [-0.39, 0.29) is 11.9 Å². The first kappa shape index (κ1) is 13.9. The van der Waals surface area contributed by atoms with E-state index in [4.69, 9.17) is 0 Å². The number of hydrogen-bond donors (Lipinski definition) is 1. The average molecular weight is 243 g/mol. The molecule has 0 aromatic heterocycles. The zero-order valence-corrected chi connectivity index (χ0v) is 10.7. The van der Waals surface area contributed by atoms with Gasteiger partial charge in [0.15, 0.2) is 0 Å². The van der Waals surface area contributed by atoms with Gasteiger partial charge in [0, 0.05) is 39.6 Å². The Morgan fingerprint density at radius 1 is 1.29 bits per heavy atom. The molecule has 1 heterocycles. The summed E-state index contributed by atoms with van der Waals surface area (Å²) in [5.41, 5.74) is 0. The van der Waals surface area contributed by atoms with Crippen LogP contribution in [0.5, 0.6) is 0 Å². The zero-order chi connectivity index (χ0) is 12.8. The Kier molecular flexibility index (Phi) is 5.37.